The molecule has 1 saturated heterocycles. The van der Waals surface area contributed by atoms with Crippen molar-refractivity contribution in [2.45, 2.75) is 51.2 Å². The molecule has 0 aromatic heterocycles. The summed E-state index contributed by atoms with van der Waals surface area (Å²) in [6.07, 6.45) is 4.79. The fourth-order valence-corrected chi connectivity index (χ4v) is 2.49. The van der Waals surface area contributed by atoms with Crippen LogP contribution >= 0.6 is 0 Å². The van der Waals surface area contributed by atoms with E-state index in [1.807, 2.05) is 0 Å². The molecule has 8 nitrogen and oxygen atoms in total. The van der Waals surface area contributed by atoms with Crippen molar-refractivity contribution in [1.82, 2.24) is 9.96 Å². The standard InChI is InChI=1S/C15H20N2O6/c1-15(22)9-8-11(18)16(15)10-4-2-3-5-14(21)23-17-12(19)6-7-13(17)20/h8-9,22H,2-7,10H2,1H3. The van der Waals surface area contributed by atoms with Gasteiger partial charge in [0, 0.05) is 31.9 Å². The smallest absolute Gasteiger partial charge is 0.333 e. The average Bonchev–Trinajstić information content (AvgIpc) is 2.93. The van der Waals surface area contributed by atoms with E-state index in [2.05, 4.69) is 0 Å². The molecule has 126 valence electrons. The highest BCUT2D eigenvalue weighted by Gasteiger charge is 2.34. The van der Waals surface area contributed by atoms with Gasteiger partial charge in [-0.25, -0.2) is 4.79 Å². The van der Waals surface area contributed by atoms with Crippen LogP contribution in [-0.2, 0) is 24.0 Å². The van der Waals surface area contributed by atoms with Crippen molar-refractivity contribution in [2.24, 2.45) is 0 Å². The zero-order chi connectivity index (χ0) is 17.0. The molecule has 1 N–H and O–H groups in total. The maximum atomic E-state index is 11.6. The Morgan fingerprint density at radius 3 is 2.43 bits per heavy atom. The molecule has 0 spiro atoms. The van der Waals surface area contributed by atoms with Crippen LogP contribution in [0.3, 0.4) is 0 Å². The summed E-state index contributed by atoms with van der Waals surface area (Å²) in [7, 11) is 0. The van der Waals surface area contributed by atoms with Crippen molar-refractivity contribution < 1.29 is 29.1 Å². The van der Waals surface area contributed by atoms with E-state index in [0.717, 1.165) is 0 Å². The van der Waals surface area contributed by atoms with E-state index >= 15 is 0 Å². The molecule has 0 saturated carbocycles. The van der Waals surface area contributed by atoms with E-state index in [9.17, 15) is 24.3 Å². The van der Waals surface area contributed by atoms with Crippen molar-refractivity contribution in [2.75, 3.05) is 6.54 Å². The van der Waals surface area contributed by atoms with Crippen LogP contribution in [0.1, 0.15) is 45.4 Å². The summed E-state index contributed by atoms with van der Waals surface area (Å²) in [4.78, 5) is 51.8. The van der Waals surface area contributed by atoms with Crippen LogP contribution in [0.2, 0.25) is 0 Å². The molecule has 0 aromatic rings. The monoisotopic (exact) mass is 324 g/mol. The van der Waals surface area contributed by atoms with Gasteiger partial charge < -0.3 is 14.8 Å². The molecule has 3 amide bonds. The highest BCUT2D eigenvalue weighted by Crippen LogP contribution is 2.21. The number of carbonyl (C=O) groups excluding carboxylic acids is 4. The molecule has 2 rings (SSSR count). The summed E-state index contributed by atoms with van der Waals surface area (Å²) < 4.78 is 0. The van der Waals surface area contributed by atoms with Crippen molar-refractivity contribution in [3.05, 3.63) is 12.2 Å². The number of hydrogen-bond acceptors (Lipinski definition) is 6. The lowest BCUT2D eigenvalue weighted by Gasteiger charge is -2.29. The van der Waals surface area contributed by atoms with Gasteiger partial charge in [-0.3, -0.25) is 14.4 Å². The van der Waals surface area contributed by atoms with Gasteiger partial charge in [-0.15, -0.1) is 5.06 Å². The minimum atomic E-state index is -1.26. The lowest BCUT2D eigenvalue weighted by atomic mass is 10.1. The lowest BCUT2D eigenvalue weighted by Crippen LogP contribution is -2.44. The summed E-state index contributed by atoms with van der Waals surface area (Å²) in [6.45, 7) is 1.92. The second kappa shape index (κ2) is 6.91. The number of aliphatic hydroxyl groups is 1. The third-order valence-corrected chi connectivity index (χ3v) is 3.82. The van der Waals surface area contributed by atoms with E-state index in [0.29, 0.717) is 30.9 Å². The molecule has 1 fully saturated rings. The second-order valence-corrected chi connectivity index (χ2v) is 5.77. The van der Waals surface area contributed by atoms with Gasteiger partial charge in [-0.05, 0) is 25.8 Å². The zero-order valence-corrected chi connectivity index (χ0v) is 13.0. The van der Waals surface area contributed by atoms with Crippen LogP contribution in [0.25, 0.3) is 0 Å². The van der Waals surface area contributed by atoms with E-state index in [-0.39, 0.29) is 25.2 Å². The third-order valence-electron chi connectivity index (χ3n) is 3.82. The first-order valence-corrected chi connectivity index (χ1v) is 7.61. The molecule has 8 heteroatoms. The Kier molecular flexibility index (Phi) is 5.15. The molecule has 2 heterocycles. The lowest BCUT2D eigenvalue weighted by molar-refractivity contribution is -0.197. The van der Waals surface area contributed by atoms with Gasteiger partial charge in [0.25, 0.3) is 11.8 Å². The van der Waals surface area contributed by atoms with Crippen molar-refractivity contribution in [3.63, 3.8) is 0 Å². The first-order chi connectivity index (χ1) is 10.8. The minimum absolute atomic E-state index is 0.0734. The Hall–Kier alpha value is -2.22. The highest BCUT2D eigenvalue weighted by atomic mass is 16.7. The molecule has 2 aliphatic rings. The molecular formula is C15H20N2O6. The van der Waals surface area contributed by atoms with Crippen molar-refractivity contribution >= 4 is 23.7 Å². The van der Waals surface area contributed by atoms with E-state index in [1.54, 1.807) is 0 Å². The quantitative estimate of drug-likeness (QED) is 0.532. The minimum Gasteiger partial charge on any atom is -0.367 e. The third kappa shape index (κ3) is 4.16. The zero-order valence-electron chi connectivity index (χ0n) is 13.0. The maximum absolute atomic E-state index is 11.6. The number of carbonyl (C=O) groups is 4. The number of rotatable bonds is 7. The fourth-order valence-electron chi connectivity index (χ4n) is 2.49. The summed E-state index contributed by atoms with van der Waals surface area (Å²) in [6, 6.07) is 0. The Labute approximate surface area is 133 Å². The average molecular weight is 324 g/mol. The van der Waals surface area contributed by atoms with Crippen LogP contribution in [0, 0.1) is 0 Å². The van der Waals surface area contributed by atoms with E-state index in [4.69, 9.17) is 4.84 Å². The first-order valence-electron chi connectivity index (χ1n) is 7.61. The Bertz CT molecular complexity index is 538. The molecule has 1 atom stereocenters. The van der Waals surface area contributed by atoms with Gasteiger partial charge in [-0.1, -0.05) is 6.42 Å². The van der Waals surface area contributed by atoms with Crippen LogP contribution in [0.5, 0.6) is 0 Å². The topological polar surface area (TPSA) is 104 Å². The Morgan fingerprint density at radius 1 is 1.22 bits per heavy atom. The number of hydrogen-bond donors (Lipinski definition) is 1. The molecule has 1 unspecified atom stereocenters. The SMILES string of the molecule is CC1(O)C=CC(=O)N1CCCCCC(=O)ON1C(=O)CCC1=O. The highest BCUT2D eigenvalue weighted by molar-refractivity contribution is 6.01. The fraction of sp³-hybridized carbons (Fsp3) is 0.600. The summed E-state index contributed by atoms with van der Waals surface area (Å²) in [5.74, 6) is -1.85. The molecule has 0 radical (unpaired) electrons. The van der Waals surface area contributed by atoms with Crippen LogP contribution in [0.4, 0.5) is 0 Å². The second-order valence-electron chi connectivity index (χ2n) is 5.77. The number of nitrogens with zero attached hydrogens (tertiary/aromatic N) is 2. The number of amides is 3. The number of hydroxylamine groups is 2. The Balaban J connectivity index is 1.62. The first kappa shape index (κ1) is 17.1. The summed E-state index contributed by atoms with van der Waals surface area (Å²) in [5.41, 5.74) is -1.26. The van der Waals surface area contributed by atoms with Gasteiger partial charge in [0.15, 0.2) is 5.72 Å². The normalized spacial score (nSPS) is 24.0. The van der Waals surface area contributed by atoms with E-state index < -0.39 is 23.5 Å². The molecular weight excluding hydrogens is 304 g/mol. The van der Waals surface area contributed by atoms with Gasteiger partial charge in [0.1, 0.15) is 0 Å². The van der Waals surface area contributed by atoms with Gasteiger partial charge in [-0.2, -0.15) is 0 Å². The van der Waals surface area contributed by atoms with Crippen molar-refractivity contribution in [3.8, 4) is 0 Å². The van der Waals surface area contributed by atoms with Gasteiger partial charge in [0.05, 0.1) is 0 Å². The van der Waals surface area contributed by atoms with Gasteiger partial charge in [0.2, 0.25) is 5.91 Å². The van der Waals surface area contributed by atoms with Crippen molar-refractivity contribution in [1.29, 1.82) is 0 Å². The molecule has 0 bridgehead atoms. The van der Waals surface area contributed by atoms with Crippen LogP contribution in [0.15, 0.2) is 12.2 Å². The number of imide groups is 1. The molecule has 0 aliphatic carbocycles. The molecule has 2 aliphatic heterocycles. The number of unbranched alkanes of at least 4 members (excludes halogenated alkanes) is 2. The summed E-state index contributed by atoms with van der Waals surface area (Å²) >= 11 is 0. The van der Waals surface area contributed by atoms with E-state index in [1.165, 1.54) is 24.0 Å². The maximum Gasteiger partial charge on any atom is 0.333 e. The molecule has 23 heavy (non-hydrogen) atoms. The predicted molar refractivity (Wildman–Crippen MR) is 77.1 cm³/mol. The Morgan fingerprint density at radius 2 is 1.87 bits per heavy atom. The van der Waals surface area contributed by atoms with Gasteiger partial charge >= 0.3 is 5.97 Å². The van der Waals surface area contributed by atoms with Crippen LogP contribution in [-0.4, -0.2) is 51.0 Å². The summed E-state index contributed by atoms with van der Waals surface area (Å²) in [5, 5.41) is 10.5. The molecule has 0 aromatic carbocycles. The van der Waals surface area contributed by atoms with Crippen LogP contribution < -0.4 is 0 Å². The predicted octanol–water partition coefficient (Wildman–Crippen LogP) is 0.261. The largest absolute Gasteiger partial charge is 0.367 e.